The van der Waals surface area contributed by atoms with Crippen molar-refractivity contribution in [3.8, 4) is 5.75 Å². The highest BCUT2D eigenvalue weighted by Gasteiger charge is 2.20. The topological polar surface area (TPSA) is 75.7 Å². The quantitative estimate of drug-likeness (QED) is 0.819. The molecular weight excluding hydrogens is 316 g/mol. The summed E-state index contributed by atoms with van der Waals surface area (Å²) in [6.07, 6.45) is 1.28. The van der Waals surface area contributed by atoms with Crippen LogP contribution in [0.3, 0.4) is 0 Å². The molecule has 0 saturated heterocycles. The molecule has 6 nitrogen and oxygen atoms in total. The fourth-order valence-electron chi connectivity index (χ4n) is 2.00. The zero-order valence-electron chi connectivity index (χ0n) is 14.4. The summed E-state index contributed by atoms with van der Waals surface area (Å²) in [6.45, 7) is 6.03. The molecule has 0 radical (unpaired) electrons. The van der Waals surface area contributed by atoms with Crippen molar-refractivity contribution in [2.24, 2.45) is 0 Å². The number of sulfonamides is 1. The van der Waals surface area contributed by atoms with Crippen LogP contribution in [0.5, 0.6) is 5.75 Å². The van der Waals surface area contributed by atoms with Gasteiger partial charge in [0, 0.05) is 25.0 Å². The molecule has 1 aromatic carbocycles. The molecule has 0 unspecified atom stereocenters. The van der Waals surface area contributed by atoms with Gasteiger partial charge in [0.25, 0.3) is 0 Å². The number of carbonyl (C=O) groups is 1. The molecule has 0 heterocycles. The SMILES string of the molecule is COc1ccc(CN(CCC(=O)NC(C)(C)C)S(C)(=O)=O)cc1. The van der Waals surface area contributed by atoms with Gasteiger partial charge in [-0.1, -0.05) is 12.1 Å². The number of methoxy groups -OCH3 is 1. The first-order valence-corrected chi connectivity index (χ1v) is 9.25. The molecule has 1 N–H and O–H groups in total. The normalized spacial score (nSPS) is 12.3. The smallest absolute Gasteiger partial charge is 0.221 e. The predicted molar refractivity (Wildman–Crippen MR) is 90.8 cm³/mol. The number of carbonyl (C=O) groups excluding carboxylic acids is 1. The van der Waals surface area contributed by atoms with E-state index in [-0.39, 0.29) is 31.0 Å². The molecule has 0 saturated carbocycles. The Morgan fingerprint density at radius 3 is 2.22 bits per heavy atom. The molecule has 1 amide bonds. The molecule has 0 fully saturated rings. The van der Waals surface area contributed by atoms with E-state index < -0.39 is 10.0 Å². The zero-order valence-corrected chi connectivity index (χ0v) is 15.2. The second-order valence-electron chi connectivity index (χ2n) is 6.49. The number of benzene rings is 1. The summed E-state index contributed by atoms with van der Waals surface area (Å²) < 4.78 is 30.2. The Labute approximate surface area is 138 Å². The standard InChI is InChI=1S/C16H26N2O4S/c1-16(2,3)17-15(19)10-11-18(23(5,20)21)12-13-6-8-14(22-4)9-7-13/h6-9H,10-12H2,1-5H3,(H,17,19). The summed E-state index contributed by atoms with van der Waals surface area (Å²) in [5.74, 6) is 0.546. The van der Waals surface area contributed by atoms with Crippen molar-refractivity contribution in [1.29, 1.82) is 0 Å². The second kappa shape index (κ2) is 7.79. The number of nitrogens with zero attached hydrogens (tertiary/aromatic N) is 1. The van der Waals surface area contributed by atoms with Crippen molar-refractivity contribution in [3.05, 3.63) is 29.8 Å². The van der Waals surface area contributed by atoms with E-state index in [1.54, 1.807) is 19.2 Å². The maximum atomic E-state index is 11.9. The van der Waals surface area contributed by atoms with E-state index in [1.165, 1.54) is 4.31 Å². The van der Waals surface area contributed by atoms with Crippen LogP contribution in [0.1, 0.15) is 32.8 Å². The van der Waals surface area contributed by atoms with Gasteiger partial charge in [-0.3, -0.25) is 4.79 Å². The lowest BCUT2D eigenvalue weighted by molar-refractivity contribution is -0.122. The molecule has 0 bridgehead atoms. The van der Waals surface area contributed by atoms with Gasteiger partial charge >= 0.3 is 0 Å². The van der Waals surface area contributed by atoms with Crippen molar-refractivity contribution >= 4 is 15.9 Å². The van der Waals surface area contributed by atoms with Crippen LogP contribution in [-0.4, -0.2) is 44.1 Å². The lowest BCUT2D eigenvalue weighted by Crippen LogP contribution is -2.42. The minimum absolute atomic E-state index is 0.125. The third-order valence-electron chi connectivity index (χ3n) is 3.09. The third kappa shape index (κ3) is 7.47. The average Bonchev–Trinajstić information content (AvgIpc) is 2.41. The molecule has 1 rings (SSSR count). The van der Waals surface area contributed by atoms with Gasteiger partial charge in [-0.15, -0.1) is 0 Å². The molecule has 0 aliphatic rings. The molecule has 0 aromatic heterocycles. The number of rotatable bonds is 7. The molecule has 7 heteroatoms. The van der Waals surface area contributed by atoms with Crippen molar-refractivity contribution in [2.75, 3.05) is 19.9 Å². The van der Waals surface area contributed by atoms with Crippen molar-refractivity contribution < 1.29 is 17.9 Å². The van der Waals surface area contributed by atoms with Crippen LogP contribution >= 0.6 is 0 Å². The van der Waals surface area contributed by atoms with Gasteiger partial charge in [-0.25, -0.2) is 8.42 Å². The fourth-order valence-corrected chi connectivity index (χ4v) is 2.81. The highest BCUT2D eigenvalue weighted by atomic mass is 32.2. The Bertz CT molecular complexity index is 618. The van der Waals surface area contributed by atoms with E-state index in [1.807, 2.05) is 32.9 Å². The highest BCUT2D eigenvalue weighted by Crippen LogP contribution is 2.14. The highest BCUT2D eigenvalue weighted by molar-refractivity contribution is 7.88. The number of nitrogens with one attached hydrogen (secondary N) is 1. The van der Waals surface area contributed by atoms with E-state index in [4.69, 9.17) is 4.74 Å². The first-order valence-electron chi connectivity index (χ1n) is 7.40. The number of amides is 1. The van der Waals surface area contributed by atoms with Gasteiger partial charge in [0.2, 0.25) is 15.9 Å². The van der Waals surface area contributed by atoms with Crippen LogP contribution in [0.4, 0.5) is 0 Å². The van der Waals surface area contributed by atoms with Crippen molar-refractivity contribution in [1.82, 2.24) is 9.62 Å². The van der Waals surface area contributed by atoms with E-state index in [9.17, 15) is 13.2 Å². The van der Waals surface area contributed by atoms with Crippen LogP contribution in [-0.2, 0) is 21.4 Å². The first kappa shape index (κ1) is 19.4. The Balaban J connectivity index is 2.72. The van der Waals surface area contributed by atoms with E-state index >= 15 is 0 Å². The van der Waals surface area contributed by atoms with E-state index in [2.05, 4.69) is 5.32 Å². The van der Waals surface area contributed by atoms with E-state index in [0.29, 0.717) is 5.75 Å². The third-order valence-corrected chi connectivity index (χ3v) is 4.34. The van der Waals surface area contributed by atoms with Crippen molar-refractivity contribution in [3.63, 3.8) is 0 Å². The summed E-state index contributed by atoms with van der Waals surface area (Å²) in [7, 11) is -1.82. The number of hydrogen-bond donors (Lipinski definition) is 1. The molecular formula is C16H26N2O4S. The van der Waals surface area contributed by atoms with E-state index in [0.717, 1.165) is 11.8 Å². The Kier molecular flexibility index (Phi) is 6.58. The number of ether oxygens (including phenoxy) is 1. The molecule has 130 valence electrons. The van der Waals surface area contributed by atoms with Crippen LogP contribution in [0.15, 0.2) is 24.3 Å². The summed E-state index contributed by atoms with van der Waals surface area (Å²) in [5.41, 5.74) is 0.510. The summed E-state index contributed by atoms with van der Waals surface area (Å²) >= 11 is 0. The Hall–Kier alpha value is -1.60. The largest absolute Gasteiger partial charge is 0.497 e. The van der Waals surface area contributed by atoms with Gasteiger partial charge in [-0.05, 0) is 38.5 Å². The zero-order chi connectivity index (χ0) is 17.7. The minimum Gasteiger partial charge on any atom is -0.497 e. The fraction of sp³-hybridized carbons (Fsp3) is 0.562. The van der Waals surface area contributed by atoms with Gasteiger partial charge < -0.3 is 10.1 Å². The predicted octanol–water partition coefficient (Wildman–Crippen LogP) is 1.76. The van der Waals surface area contributed by atoms with Gasteiger partial charge in [0.1, 0.15) is 5.75 Å². The van der Waals surface area contributed by atoms with Gasteiger partial charge in [0.05, 0.1) is 13.4 Å². The summed E-state index contributed by atoms with van der Waals surface area (Å²) in [5, 5.41) is 2.83. The molecule has 0 aliphatic heterocycles. The minimum atomic E-state index is -3.40. The average molecular weight is 342 g/mol. The molecule has 0 spiro atoms. The van der Waals surface area contributed by atoms with Gasteiger partial charge in [-0.2, -0.15) is 4.31 Å². The van der Waals surface area contributed by atoms with Crippen molar-refractivity contribution in [2.45, 2.75) is 39.3 Å². The van der Waals surface area contributed by atoms with Gasteiger partial charge in [0.15, 0.2) is 0 Å². The number of hydrogen-bond acceptors (Lipinski definition) is 4. The molecule has 0 atom stereocenters. The van der Waals surface area contributed by atoms with Crippen LogP contribution in [0, 0.1) is 0 Å². The Morgan fingerprint density at radius 1 is 1.22 bits per heavy atom. The molecule has 23 heavy (non-hydrogen) atoms. The molecule has 0 aliphatic carbocycles. The van der Waals surface area contributed by atoms with Crippen LogP contribution < -0.4 is 10.1 Å². The summed E-state index contributed by atoms with van der Waals surface area (Å²) in [6, 6.07) is 7.18. The maximum Gasteiger partial charge on any atom is 0.221 e. The molecule has 1 aromatic rings. The Morgan fingerprint density at radius 2 is 1.78 bits per heavy atom. The lowest BCUT2D eigenvalue weighted by atomic mass is 10.1. The monoisotopic (exact) mass is 342 g/mol. The van der Waals surface area contributed by atoms with Crippen LogP contribution in [0.2, 0.25) is 0 Å². The summed E-state index contributed by atoms with van der Waals surface area (Å²) in [4.78, 5) is 11.9. The second-order valence-corrected chi connectivity index (χ2v) is 8.48. The lowest BCUT2D eigenvalue weighted by Gasteiger charge is -2.23. The maximum absolute atomic E-state index is 11.9. The van der Waals surface area contributed by atoms with Crippen LogP contribution in [0.25, 0.3) is 0 Å². The first-order chi connectivity index (χ1) is 10.5.